The molecule has 1 aliphatic heterocycles. The number of carbonyl (C=O) groups excluding carboxylic acids is 2. The number of aromatic amines is 1. The maximum atomic E-state index is 13.6. The zero-order valence-electron chi connectivity index (χ0n) is 21.7. The molecule has 0 unspecified atom stereocenters. The van der Waals surface area contributed by atoms with Gasteiger partial charge in [0.05, 0.1) is 19.2 Å². The summed E-state index contributed by atoms with van der Waals surface area (Å²) in [6.07, 6.45) is 6.00. The number of H-pyrrole nitrogens is 1. The minimum Gasteiger partial charge on any atom is -0.389 e. The second-order valence-electron chi connectivity index (χ2n) is 9.47. The number of aliphatic hydroxyl groups excluding tert-OH is 1. The van der Waals surface area contributed by atoms with E-state index in [0.29, 0.717) is 35.6 Å². The van der Waals surface area contributed by atoms with Crippen LogP contribution in [0.3, 0.4) is 0 Å². The van der Waals surface area contributed by atoms with Gasteiger partial charge in [-0.3, -0.25) is 14.3 Å². The lowest BCUT2D eigenvalue weighted by Gasteiger charge is -2.32. The number of benzene rings is 1. The molecule has 1 aromatic carbocycles. The molecule has 0 bridgehead atoms. The molecule has 8 nitrogen and oxygen atoms in total. The molecule has 0 aliphatic carbocycles. The molecule has 198 valence electrons. The van der Waals surface area contributed by atoms with Crippen LogP contribution in [0.15, 0.2) is 78.7 Å². The van der Waals surface area contributed by atoms with Gasteiger partial charge in [0, 0.05) is 35.6 Å². The normalized spacial score (nSPS) is 16.4. The molecule has 9 heteroatoms. The molecular formula is C29H32FN5O3. The fourth-order valence-corrected chi connectivity index (χ4v) is 4.56. The molecule has 3 N–H and O–H groups in total. The summed E-state index contributed by atoms with van der Waals surface area (Å²) in [6.45, 7) is 10.3. The number of allylic oxidation sites excluding steroid dienone is 2. The third-order valence-electron chi connectivity index (χ3n) is 6.46. The number of aromatic nitrogens is 3. The second-order valence-corrected chi connectivity index (χ2v) is 9.47. The predicted molar refractivity (Wildman–Crippen MR) is 143 cm³/mol. The smallest absolute Gasteiger partial charge is 0.276 e. The molecule has 2 aromatic heterocycles. The van der Waals surface area contributed by atoms with Gasteiger partial charge in [-0.25, -0.2) is 4.39 Å². The summed E-state index contributed by atoms with van der Waals surface area (Å²) in [5.41, 5.74) is 3.93. The van der Waals surface area contributed by atoms with Gasteiger partial charge in [-0.2, -0.15) is 5.10 Å². The largest absolute Gasteiger partial charge is 0.389 e. The molecule has 1 aliphatic rings. The molecule has 3 heterocycles. The van der Waals surface area contributed by atoms with Crippen LogP contribution in [0.5, 0.6) is 0 Å². The fraction of sp³-hybridized carbons (Fsp3) is 0.276. The van der Waals surface area contributed by atoms with Gasteiger partial charge >= 0.3 is 0 Å². The van der Waals surface area contributed by atoms with Crippen LogP contribution in [-0.4, -0.2) is 49.2 Å². The molecule has 4 rings (SSSR count). The summed E-state index contributed by atoms with van der Waals surface area (Å²) < 4.78 is 15.3. The topological polar surface area (TPSA) is 103 Å². The van der Waals surface area contributed by atoms with Crippen molar-refractivity contribution < 1.29 is 19.1 Å². The number of nitrogens with zero attached hydrogens (tertiary/aromatic N) is 3. The maximum absolute atomic E-state index is 13.6. The molecule has 38 heavy (non-hydrogen) atoms. The Morgan fingerprint density at radius 1 is 1.32 bits per heavy atom. The highest BCUT2D eigenvalue weighted by Crippen LogP contribution is 2.32. The number of hydrogen-bond donors (Lipinski definition) is 3. The summed E-state index contributed by atoms with van der Waals surface area (Å²) >= 11 is 0. The van der Waals surface area contributed by atoms with Gasteiger partial charge in [-0.1, -0.05) is 31.7 Å². The van der Waals surface area contributed by atoms with E-state index in [1.165, 1.54) is 12.1 Å². The van der Waals surface area contributed by atoms with Crippen LogP contribution in [0.25, 0.3) is 0 Å². The van der Waals surface area contributed by atoms with Crippen LogP contribution < -0.4 is 5.32 Å². The number of carbonyl (C=O) groups is 2. The van der Waals surface area contributed by atoms with Gasteiger partial charge in [-0.05, 0) is 61.4 Å². The maximum Gasteiger partial charge on any atom is 0.276 e. The highest BCUT2D eigenvalue weighted by atomic mass is 19.1. The van der Waals surface area contributed by atoms with Crippen molar-refractivity contribution in [2.75, 3.05) is 6.54 Å². The molecule has 0 saturated heterocycles. The third-order valence-corrected chi connectivity index (χ3v) is 6.46. The minimum atomic E-state index is -0.775. The van der Waals surface area contributed by atoms with E-state index in [1.807, 2.05) is 13.8 Å². The van der Waals surface area contributed by atoms with E-state index < -0.39 is 12.0 Å². The average molecular weight is 518 g/mol. The van der Waals surface area contributed by atoms with E-state index in [4.69, 9.17) is 0 Å². The summed E-state index contributed by atoms with van der Waals surface area (Å²) in [4.78, 5) is 31.4. The lowest BCUT2D eigenvalue weighted by Crippen LogP contribution is -2.39. The monoisotopic (exact) mass is 517 g/mol. The minimum absolute atomic E-state index is 0.104. The first-order chi connectivity index (χ1) is 18.2. The third kappa shape index (κ3) is 5.84. The first kappa shape index (κ1) is 26.8. The fourth-order valence-electron chi connectivity index (χ4n) is 4.56. The lowest BCUT2D eigenvalue weighted by molar-refractivity contribution is 0.0711. The van der Waals surface area contributed by atoms with Crippen molar-refractivity contribution in [1.82, 2.24) is 25.0 Å². The Balaban J connectivity index is 1.72. The molecule has 0 fully saturated rings. The van der Waals surface area contributed by atoms with E-state index in [-0.39, 0.29) is 29.9 Å². The first-order valence-corrected chi connectivity index (χ1v) is 12.5. The number of amides is 2. The van der Waals surface area contributed by atoms with Gasteiger partial charge in [0.25, 0.3) is 11.8 Å². The van der Waals surface area contributed by atoms with Crippen molar-refractivity contribution in [2.45, 2.75) is 45.9 Å². The average Bonchev–Trinajstić information content (AvgIpc) is 3.54. The second kappa shape index (κ2) is 11.4. The summed E-state index contributed by atoms with van der Waals surface area (Å²) in [7, 11) is 0. The Hall–Kier alpha value is -4.24. The predicted octanol–water partition coefficient (Wildman–Crippen LogP) is 4.28. The van der Waals surface area contributed by atoms with Crippen molar-refractivity contribution in [3.05, 3.63) is 113 Å². The standard InChI is InChI=1S/C29H32FN5O3/c1-5-7-23(14-18(2)20(4)36)32-28(37)26-24-17-34(29(38)25-8-6-13-31-25)15-19(3)27(24)35(33-26)16-21-9-11-22(30)12-10-21/h5-14,19-20,31,36H,2,15-17H2,1,3-4H3,(H,32,37)/b7-5-,23-14+/t19-,20+/m1/s1. The number of hydrogen-bond acceptors (Lipinski definition) is 4. The molecule has 2 amide bonds. The number of aliphatic hydroxyl groups is 1. The van der Waals surface area contributed by atoms with Crippen LogP contribution >= 0.6 is 0 Å². The van der Waals surface area contributed by atoms with Gasteiger partial charge < -0.3 is 20.3 Å². The van der Waals surface area contributed by atoms with Crippen molar-refractivity contribution >= 4 is 11.8 Å². The lowest BCUT2D eigenvalue weighted by atomic mass is 9.95. The van der Waals surface area contributed by atoms with Crippen molar-refractivity contribution in [3.63, 3.8) is 0 Å². The van der Waals surface area contributed by atoms with Crippen molar-refractivity contribution in [2.24, 2.45) is 0 Å². The van der Waals surface area contributed by atoms with Crippen LogP contribution in [0.2, 0.25) is 0 Å². The quantitative estimate of drug-likeness (QED) is 0.388. The van der Waals surface area contributed by atoms with Gasteiger partial charge in [-0.15, -0.1) is 0 Å². The highest BCUT2D eigenvalue weighted by Gasteiger charge is 2.34. The van der Waals surface area contributed by atoms with E-state index >= 15 is 0 Å². The van der Waals surface area contributed by atoms with E-state index in [0.717, 1.165) is 11.3 Å². The van der Waals surface area contributed by atoms with Crippen molar-refractivity contribution in [1.29, 1.82) is 0 Å². The van der Waals surface area contributed by atoms with E-state index in [2.05, 4.69) is 22.0 Å². The Labute approximate surface area is 221 Å². The number of fused-ring (bicyclic) bond motifs is 1. The zero-order chi connectivity index (χ0) is 27.4. The Morgan fingerprint density at radius 2 is 2.05 bits per heavy atom. The van der Waals surface area contributed by atoms with E-state index in [9.17, 15) is 19.1 Å². The Bertz CT molecular complexity index is 1380. The molecule has 3 aromatic rings. The Morgan fingerprint density at radius 3 is 2.68 bits per heavy atom. The number of rotatable bonds is 8. The van der Waals surface area contributed by atoms with Crippen LogP contribution in [0, 0.1) is 5.82 Å². The van der Waals surface area contributed by atoms with Crippen LogP contribution in [0.1, 0.15) is 64.5 Å². The van der Waals surface area contributed by atoms with Crippen molar-refractivity contribution in [3.8, 4) is 0 Å². The summed E-state index contributed by atoms with van der Waals surface area (Å²) in [5, 5.41) is 17.4. The number of nitrogens with one attached hydrogen (secondary N) is 2. The summed E-state index contributed by atoms with van der Waals surface area (Å²) in [5.74, 6) is -1.03. The van der Waals surface area contributed by atoms with Crippen LogP contribution in [0.4, 0.5) is 4.39 Å². The van der Waals surface area contributed by atoms with Gasteiger partial charge in [0.15, 0.2) is 5.69 Å². The molecule has 0 spiro atoms. The highest BCUT2D eigenvalue weighted by molar-refractivity contribution is 5.96. The first-order valence-electron chi connectivity index (χ1n) is 12.5. The molecule has 2 atom stereocenters. The number of halogens is 1. The summed E-state index contributed by atoms with van der Waals surface area (Å²) in [6, 6.07) is 9.64. The van der Waals surface area contributed by atoms with E-state index in [1.54, 1.807) is 65.2 Å². The van der Waals surface area contributed by atoms with Gasteiger partial charge in [0.1, 0.15) is 11.5 Å². The molecular weight excluding hydrogens is 485 g/mol. The molecule has 0 radical (unpaired) electrons. The molecule has 0 saturated carbocycles. The van der Waals surface area contributed by atoms with Crippen LogP contribution in [-0.2, 0) is 13.1 Å². The van der Waals surface area contributed by atoms with Gasteiger partial charge in [0.2, 0.25) is 0 Å². The SMILES string of the molecule is C=C(/C=C(\C=C/C)NC(=O)c1nn(Cc2ccc(F)cc2)c2c1CN(C(=O)c1ccc[nH]1)C[C@H]2C)[C@H](C)O. The zero-order valence-corrected chi connectivity index (χ0v) is 21.7. The Kier molecular flexibility index (Phi) is 8.07.